The Kier molecular flexibility index (Phi) is 4.54. The Labute approximate surface area is 157 Å². The number of amides is 2. The van der Waals surface area contributed by atoms with Crippen LogP contribution in [0.4, 0.5) is 16.2 Å². The van der Waals surface area contributed by atoms with Gasteiger partial charge in [-0.2, -0.15) is 0 Å². The molecule has 0 saturated carbocycles. The van der Waals surface area contributed by atoms with Crippen LogP contribution in [0.25, 0.3) is 10.8 Å². The lowest BCUT2D eigenvalue weighted by atomic mass is 10.1. The largest absolute Gasteiger partial charge is 0.368 e. The number of aromatic nitrogens is 1. The Balaban J connectivity index is 1.49. The molecule has 0 aliphatic carbocycles. The highest BCUT2D eigenvalue weighted by molar-refractivity contribution is 6.01. The number of benzene rings is 2. The first-order chi connectivity index (χ1) is 13.1. The summed E-state index contributed by atoms with van der Waals surface area (Å²) in [5.74, 6) is 0. The minimum Gasteiger partial charge on any atom is -0.368 e. The summed E-state index contributed by atoms with van der Waals surface area (Å²) in [6, 6.07) is 17.5. The van der Waals surface area contributed by atoms with E-state index in [0.717, 1.165) is 18.5 Å². The number of para-hydroxylation sites is 1. The third kappa shape index (κ3) is 3.38. The van der Waals surface area contributed by atoms with Gasteiger partial charge >= 0.3 is 6.03 Å². The van der Waals surface area contributed by atoms with E-state index < -0.39 is 0 Å². The zero-order chi connectivity index (χ0) is 18.8. The summed E-state index contributed by atoms with van der Waals surface area (Å²) in [4.78, 5) is 29.1. The summed E-state index contributed by atoms with van der Waals surface area (Å²) in [6.45, 7) is 2.91. The van der Waals surface area contributed by atoms with Crippen LogP contribution >= 0.6 is 0 Å². The fourth-order valence-corrected chi connectivity index (χ4v) is 3.52. The smallest absolute Gasteiger partial charge is 0.322 e. The molecule has 1 aliphatic heterocycles. The second kappa shape index (κ2) is 7.15. The molecule has 138 valence electrons. The van der Waals surface area contributed by atoms with Gasteiger partial charge in [-0.1, -0.05) is 36.4 Å². The van der Waals surface area contributed by atoms with Crippen LogP contribution in [-0.4, -0.2) is 41.7 Å². The molecule has 4 rings (SSSR count). The highest BCUT2D eigenvalue weighted by Gasteiger charge is 2.22. The Morgan fingerprint density at radius 2 is 1.52 bits per heavy atom. The van der Waals surface area contributed by atoms with E-state index in [-0.39, 0.29) is 11.6 Å². The second-order valence-corrected chi connectivity index (χ2v) is 6.74. The monoisotopic (exact) mass is 362 g/mol. The fourth-order valence-electron chi connectivity index (χ4n) is 3.52. The van der Waals surface area contributed by atoms with Crippen molar-refractivity contribution in [1.82, 2.24) is 9.47 Å². The van der Waals surface area contributed by atoms with Crippen molar-refractivity contribution >= 4 is 28.2 Å². The maximum atomic E-state index is 12.8. The molecule has 6 heteroatoms. The fraction of sp³-hybridized carbons (Fsp3) is 0.238. The minimum absolute atomic E-state index is 0.0694. The van der Waals surface area contributed by atoms with Crippen molar-refractivity contribution in [2.75, 3.05) is 36.4 Å². The molecule has 3 aromatic rings. The molecule has 0 atom stereocenters. The van der Waals surface area contributed by atoms with Crippen molar-refractivity contribution in [3.05, 3.63) is 71.1 Å². The minimum atomic E-state index is -0.133. The molecule has 2 aromatic carbocycles. The van der Waals surface area contributed by atoms with Crippen LogP contribution in [0.5, 0.6) is 0 Å². The predicted molar refractivity (Wildman–Crippen MR) is 108 cm³/mol. The van der Waals surface area contributed by atoms with Gasteiger partial charge in [-0.3, -0.25) is 4.79 Å². The Bertz CT molecular complexity index is 1020. The first kappa shape index (κ1) is 17.1. The Hall–Kier alpha value is -3.28. The van der Waals surface area contributed by atoms with E-state index >= 15 is 0 Å². The predicted octanol–water partition coefficient (Wildman–Crippen LogP) is 2.89. The topological polar surface area (TPSA) is 57.6 Å². The van der Waals surface area contributed by atoms with Crippen molar-refractivity contribution in [3.8, 4) is 0 Å². The third-order valence-electron chi connectivity index (χ3n) is 5.02. The van der Waals surface area contributed by atoms with Crippen LogP contribution in [0.3, 0.4) is 0 Å². The lowest BCUT2D eigenvalue weighted by molar-refractivity contribution is 0.208. The SMILES string of the molecule is Cn1cc(NC(=O)N2CCN(c3ccccc3)CC2)c2ccccc2c1=O. The van der Waals surface area contributed by atoms with Crippen molar-refractivity contribution in [3.63, 3.8) is 0 Å². The molecule has 1 saturated heterocycles. The van der Waals surface area contributed by atoms with Crippen molar-refractivity contribution < 1.29 is 4.79 Å². The summed E-state index contributed by atoms with van der Waals surface area (Å²) in [6.07, 6.45) is 1.68. The first-order valence-corrected chi connectivity index (χ1v) is 9.08. The van der Waals surface area contributed by atoms with Gasteiger partial charge in [0, 0.05) is 55.9 Å². The van der Waals surface area contributed by atoms with Crippen LogP contribution in [0.1, 0.15) is 0 Å². The highest BCUT2D eigenvalue weighted by atomic mass is 16.2. The van der Waals surface area contributed by atoms with Crippen molar-refractivity contribution in [1.29, 1.82) is 0 Å². The van der Waals surface area contributed by atoms with Crippen molar-refractivity contribution in [2.24, 2.45) is 7.05 Å². The standard InChI is InChI=1S/C21H22N4O2/c1-23-15-19(17-9-5-6-10-18(17)20(23)26)22-21(27)25-13-11-24(12-14-25)16-7-3-2-4-8-16/h2-10,15H,11-14H2,1H3,(H,22,27). The van der Waals surface area contributed by atoms with Gasteiger partial charge in [0.25, 0.3) is 5.56 Å². The number of nitrogens with one attached hydrogen (secondary N) is 1. The van der Waals surface area contributed by atoms with E-state index in [1.54, 1.807) is 19.3 Å². The number of fused-ring (bicyclic) bond motifs is 1. The van der Waals surface area contributed by atoms with E-state index in [4.69, 9.17) is 0 Å². The first-order valence-electron chi connectivity index (χ1n) is 9.08. The zero-order valence-electron chi connectivity index (χ0n) is 15.3. The van der Waals surface area contributed by atoms with Gasteiger partial charge < -0.3 is 19.7 Å². The Morgan fingerprint density at radius 3 is 2.22 bits per heavy atom. The molecular formula is C21H22N4O2. The molecule has 6 nitrogen and oxygen atoms in total. The van der Waals surface area contributed by atoms with E-state index in [9.17, 15) is 9.59 Å². The van der Waals surface area contributed by atoms with Gasteiger partial charge in [-0.05, 0) is 18.2 Å². The van der Waals surface area contributed by atoms with Crippen LogP contribution in [0.15, 0.2) is 65.6 Å². The van der Waals surface area contributed by atoms with E-state index in [1.165, 1.54) is 10.3 Å². The van der Waals surface area contributed by atoms with Crippen LogP contribution in [0.2, 0.25) is 0 Å². The number of aryl methyl sites for hydroxylation is 1. The average Bonchev–Trinajstić information content (AvgIpc) is 2.72. The lowest BCUT2D eigenvalue weighted by Crippen LogP contribution is -2.50. The van der Waals surface area contributed by atoms with Gasteiger partial charge in [0.05, 0.1) is 5.69 Å². The summed E-state index contributed by atoms with van der Waals surface area (Å²) in [5.41, 5.74) is 1.77. The molecule has 0 unspecified atom stereocenters. The molecule has 27 heavy (non-hydrogen) atoms. The van der Waals surface area contributed by atoms with E-state index in [1.807, 2.05) is 41.3 Å². The van der Waals surface area contributed by atoms with E-state index in [0.29, 0.717) is 24.2 Å². The van der Waals surface area contributed by atoms with Gasteiger partial charge in [-0.15, -0.1) is 0 Å². The molecule has 2 amide bonds. The summed E-state index contributed by atoms with van der Waals surface area (Å²) >= 11 is 0. The van der Waals surface area contributed by atoms with E-state index in [2.05, 4.69) is 22.3 Å². The van der Waals surface area contributed by atoms with Crippen molar-refractivity contribution in [2.45, 2.75) is 0 Å². The number of urea groups is 1. The number of hydrogen-bond acceptors (Lipinski definition) is 3. The van der Waals surface area contributed by atoms with Crippen LogP contribution in [-0.2, 0) is 7.05 Å². The van der Waals surface area contributed by atoms with Gasteiger partial charge in [0.15, 0.2) is 0 Å². The van der Waals surface area contributed by atoms with Crippen LogP contribution < -0.4 is 15.8 Å². The number of rotatable bonds is 2. The van der Waals surface area contributed by atoms with Gasteiger partial charge in [-0.25, -0.2) is 4.79 Å². The maximum Gasteiger partial charge on any atom is 0.322 e. The molecule has 0 spiro atoms. The summed E-state index contributed by atoms with van der Waals surface area (Å²) in [5, 5.41) is 4.35. The number of carbonyl (C=O) groups excluding carboxylic acids is 1. The number of hydrogen-bond donors (Lipinski definition) is 1. The summed E-state index contributed by atoms with van der Waals surface area (Å²) in [7, 11) is 1.70. The number of piperazine rings is 1. The Morgan fingerprint density at radius 1 is 0.889 bits per heavy atom. The molecule has 2 heterocycles. The number of nitrogens with zero attached hydrogens (tertiary/aromatic N) is 3. The normalized spacial score (nSPS) is 14.4. The zero-order valence-corrected chi connectivity index (χ0v) is 15.3. The molecular weight excluding hydrogens is 340 g/mol. The molecule has 1 N–H and O–H groups in total. The third-order valence-corrected chi connectivity index (χ3v) is 5.02. The van der Waals surface area contributed by atoms with Crippen LogP contribution in [0, 0.1) is 0 Å². The molecule has 0 bridgehead atoms. The number of pyridine rings is 1. The van der Waals surface area contributed by atoms with Gasteiger partial charge in [0.2, 0.25) is 0 Å². The lowest BCUT2D eigenvalue weighted by Gasteiger charge is -2.36. The summed E-state index contributed by atoms with van der Waals surface area (Å²) < 4.78 is 1.51. The maximum absolute atomic E-state index is 12.8. The van der Waals surface area contributed by atoms with Gasteiger partial charge in [0.1, 0.15) is 0 Å². The number of anilines is 2. The average molecular weight is 362 g/mol. The molecule has 1 aliphatic rings. The number of carbonyl (C=O) groups is 1. The second-order valence-electron chi connectivity index (χ2n) is 6.74. The molecule has 1 fully saturated rings. The molecule has 0 radical (unpaired) electrons. The molecule has 1 aromatic heterocycles. The highest BCUT2D eigenvalue weighted by Crippen LogP contribution is 2.21. The quantitative estimate of drug-likeness (QED) is 0.763.